The van der Waals surface area contributed by atoms with Gasteiger partial charge in [0.1, 0.15) is 5.75 Å². The van der Waals surface area contributed by atoms with Gasteiger partial charge in [-0.3, -0.25) is 9.69 Å². The number of aromatic nitrogens is 1. The summed E-state index contributed by atoms with van der Waals surface area (Å²) < 4.78 is 6.30. The van der Waals surface area contributed by atoms with Crippen LogP contribution in [0.1, 0.15) is 9.67 Å². The highest BCUT2D eigenvalue weighted by Gasteiger charge is 2.22. The SMILES string of the molecule is COc1ccc2sc(N(CCN(C)C)C(=O)c3cccs3)nc2c1.Cl. The number of benzene rings is 1. The molecule has 8 heteroatoms. The second-order valence-corrected chi connectivity index (χ2v) is 7.52. The number of thiophene rings is 1. The van der Waals surface area contributed by atoms with E-state index in [4.69, 9.17) is 4.74 Å². The number of carbonyl (C=O) groups is 1. The third kappa shape index (κ3) is 4.49. The van der Waals surface area contributed by atoms with Crippen LogP contribution in [0.25, 0.3) is 10.2 Å². The number of carbonyl (C=O) groups excluding carboxylic acids is 1. The summed E-state index contributed by atoms with van der Waals surface area (Å²) in [5, 5.41) is 2.64. The maximum atomic E-state index is 12.9. The summed E-state index contributed by atoms with van der Waals surface area (Å²) in [6.07, 6.45) is 0. The number of ether oxygens (including phenoxy) is 1. The summed E-state index contributed by atoms with van der Waals surface area (Å²) in [4.78, 5) is 22.1. The first-order valence-electron chi connectivity index (χ1n) is 7.53. The Labute approximate surface area is 161 Å². The van der Waals surface area contributed by atoms with Crippen molar-refractivity contribution in [2.75, 3.05) is 39.2 Å². The van der Waals surface area contributed by atoms with E-state index in [9.17, 15) is 4.79 Å². The van der Waals surface area contributed by atoms with Crippen LogP contribution >= 0.6 is 35.1 Å². The summed E-state index contributed by atoms with van der Waals surface area (Å²) in [6, 6.07) is 9.54. The molecule has 3 rings (SSSR count). The lowest BCUT2D eigenvalue weighted by atomic mass is 10.3. The van der Waals surface area contributed by atoms with Crippen molar-refractivity contribution in [1.29, 1.82) is 0 Å². The van der Waals surface area contributed by atoms with E-state index in [0.717, 1.165) is 32.5 Å². The smallest absolute Gasteiger partial charge is 0.270 e. The fraction of sp³-hybridized carbons (Fsp3) is 0.294. The zero-order valence-corrected chi connectivity index (χ0v) is 16.7. The van der Waals surface area contributed by atoms with Gasteiger partial charge < -0.3 is 9.64 Å². The first-order valence-corrected chi connectivity index (χ1v) is 9.23. The maximum Gasteiger partial charge on any atom is 0.270 e. The second-order valence-electron chi connectivity index (χ2n) is 5.57. The lowest BCUT2D eigenvalue weighted by molar-refractivity contribution is 0.0989. The average Bonchev–Trinajstić information content (AvgIpc) is 3.23. The maximum absolute atomic E-state index is 12.9. The molecule has 5 nitrogen and oxygen atoms in total. The summed E-state index contributed by atoms with van der Waals surface area (Å²) in [7, 11) is 5.63. The molecule has 0 N–H and O–H groups in total. The highest BCUT2D eigenvalue weighted by molar-refractivity contribution is 7.22. The molecule has 0 aliphatic rings. The van der Waals surface area contributed by atoms with E-state index >= 15 is 0 Å². The molecule has 0 spiro atoms. The third-order valence-electron chi connectivity index (χ3n) is 3.56. The molecule has 1 aromatic carbocycles. The van der Waals surface area contributed by atoms with Crippen LogP contribution in [0, 0.1) is 0 Å². The van der Waals surface area contributed by atoms with Gasteiger partial charge in [-0.05, 0) is 37.7 Å². The zero-order valence-electron chi connectivity index (χ0n) is 14.3. The molecule has 134 valence electrons. The molecule has 0 saturated carbocycles. The van der Waals surface area contributed by atoms with E-state index < -0.39 is 0 Å². The van der Waals surface area contributed by atoms with Crippen molar-refractivity contribution in [3.05, 3.63) is 40.6 Å². The number of rotatable bonds is 6. The van der Waals surface area contributed by atoms with E-state index in [-0.39, 0.29) is 18.3 Å². The van der Waals surface area contributed by atoms with Gasteiger partial charge >= 0.3 is 0 Å². The Balaban J connectivity index is 0.00000225. The van der Waals surface area contributed by atoms with Crippen LogP contribution in [-0.2, 0) is 0 Å². The topological polar surface area (TPSA) is 45.7 Å². The molecule has 0 atom stereocenters. The minimum absolute atomic E-state index is 0. The van der Waals surface area contributed by atoms with Gasteiger partial charge in [-0.2, -0.15) is 0 Å². The van der Waals surface area contributed by atoms with Gasteiger partial charge in [-0.25, -0.2) is 4.98 Å². The summed E-state index contributed by atoms with van der Waals surface area (Å²) in [6.45, 7) is 1.37. The Bertz CT molecular complexity index is 834. The van der Waals surface area contributed by atoms with E-state index in [0.29, 0.717) is 6.54 Å². The van der Waals surface area contributed by atoms with Crippen LogP contribution in [0.5, 0.6) is 5.75 Å². The van der Waals surface area contributed by atoms with Crippen LogP contribution in [0.3, 0.4) is 0 Å². The molecule has 25 heavy (non-hydrogen) atoms. The predicted octanol–water partition coefficient (Wildman–Crippen LogP) is 4.00. The van der Waals surface area contributed by atoms with Crippen molar-refractivity contribution in [1.82, 2.24) is 9.88 Å². The Kier molecular flexibility index (Phi) is 6.78. The number of thiazole rings is 1. The van der Waals surface area contributed by atoms with Crippen molar-refractivity contribution in [3.8, 4) is 5.75 Å². The highest BCUT2D eigenvalue weighted by Crippen LogP contribution is 2.32. The van der Waals surface area contributed by atoms with E-state index in [1.807, 2.05) is 49.8 Å². The van der Waals surface area contributed by atoms with Crippen molar-refractivity contribution in [2.45, 2.75) is 0 Å². The summed E-state index contributed by atoms with van der Waals surface area (Å²) in [5.41, 5.74) is 0.850. The molecular formula is C17H20ClN3O2S2. The number of nitrogens with zero attached hydrogens (tertiary/aromatic N) is 3. The largest absolute Gasteiger partial charge is 0.497 e. The van der Waals surface area contributed by atoms with Gasteiger partial charge in [0.2, 0.25) is 0 Å². The van der Waals surface area contributed by atoms with E-state index in [1.165, 1.54) is 22.7 Å². The van der Waals surface area contributed by atoms with Crippen molar-refractivity contribution in [2.24, 2.45) is 0 Å². The number of hydrogen-bond acceptors (Lipinski definition) is 6. The van der Waals surface area contributed by atoms with Crippen molar-refractivity contribution < 1.29 is 9.53 Å². The molecular weight excluding hydrogens is 378 g/mol. The van der Waals surface area contributed by atoms with Gasteiger partial charge in [0, 0.05) is 19.2 Å². The standard InChI is InChI=1S/C17H19N3O2S2.ClH/c1-19(2)8-9-20(16(21)15-5-4-10-23-15)17-18-13-11-12(22-3)6-7-14(13)24-17;/h4-7,10-11H,8-9H2,1-3H3;1H. The lowest BCUT2D eigenvalue weighted by Gasteiger charge is -2.21. The molecule has 0 unspecified atom stereocenters. The number of likely N-dealkylation sites (N-methyl/N-ethyl adjacent to an activating group) is 1. The molecule has 0 saturated heterocycles. The van der Waals surface area contributed by atoms with Crippen molar-refractivity contribution in [3.63, 3.8) is 0 Å². The third-order valence-corrected chi connectivity index (χ3v) is 5.48. The molecule has 2 heterocycles. The Hall–Kier alpha value is -1.67. The Morgan fingerprint density at radius 3 is 2.68 bits per heavy atom. The first kappa shape index (κ1) is 19.7. The Morgan fingerprint density at radius 2 is 2.04 bits per heavy atom. The van der Waals surface area contributed by atoms with Crippen LogP contribution in [0.2, 0.25) is 0 Å². The molecule has 3 aromatic rings. The fourth-order valence-electron chi connectivity index (χ4n) is 2.25. The van der Waals surface area contributed by atoms with E-state index in [1.54, 1.807) is 12.0 Å². The van der Waals surface area contributed by atoms with Crippen LogP contribution in [0.15, 0.2) is 35.7 Å². The molecule has 0 fully saturated rings. The van der Waals surface area contributed by atoms with Crippen LogP contribution < -0.4 is 9.64 Å². The minimum Gasteiger partial charge on any atom is -0.497 e. The van der Waals surface area contributed by atoms with Gasteiger partial charge in [0.15, 0.2) is 5.13 Å². The molecule has 0 aliphatic heterocycles. The number of methoxy groups -OCH3 is 1. The Morgan fingerprint density at radius 1 is 1.24 bits per heavy atom. The average molecular weight is 398 g/mol. The number of amides is 1. The molecule has 0 radical (unpaired) electrons. The monoisotopic (exact) mass is 397 g/mol. The number of fused-ring (bicyclic) bond motifs is 1. The van der Waals surface area contributed by atoms with Crippen molar-refractivity contribution >= 4 is 56.3 Å². The summed E-state index contributed by atoms with van der Waals surface area (Å²) in [5.74, 6) is 0.765. The minimum atomic E-state index is -0.00197. The number of anilines is 1. The lowest BCUT2D eigenvalue weighted by Crippen LogP contribution is -2.36. The van der Waals surface area contributed by atoms with Gasteiger partial charge in [0.05, 0.1) is 22.2 Å². The van der Waals surface area contributed by atoms with E-state index in [2.05, 4.69) is 9.88 Å². The van der Waals surface area contributed by atoms with Gasteiger partial charge in [0.25, 0.3) is 5.91 Å². The number of hydrogen-bond donors (Lipinski definition) is 0. The normalized spacial score (nSPS) is 10.7. The van der Waals surface area contributed by atoms with Gasteiger partial charge in [-0.15, -0.1) is 23.7 Å². The predicted molar refractivity (Wildman–Crippen MR) is 108 cm³/mol. The van der Waals surface area contributed by atoms with Gasteiger partial charge in [-0.1, -0.05) is 17.4 Å². The molecule has 2 aromatic heterocycles. The molecule has 0 bridgehead atoms. The summed E-state index contributed by atoms with van der Waals surface area (Å²) >= 11 is 2.98. The highest BCUT2D eigenvalue weighted by atomic mass is 35.5. The zero-order chi connectivity index (χ0) is 17.1. The fourth-order valence-corrected chi connectivity index (χ4v) is 3.90. The number of halogens is 1. The molecule has 1 amide bonds. The molecule has 0 aliphatic carbocycles. The second kappa shape index (κ2) is 8.62. The van der Waals surface area contributed by atoms with Crippen LogP contribution in [-0.4, -0.2) is 50.1 Å². The quantitative estimate of drug-likeness (QED) is 0.630. The first-order chi connectivity index (χ1) is 11.6. The van der Waals surface area contributed by atoms with Crippen LogP contribution in [0.4, 0.5) is 5.13 Å².